The van der Waals surface area contributed by atoms with Gasteiger partial charge < -0.3 is 15.5 Å². The number of benzene rings is 2. The molecule has 0 aliphatic rings. The number of anilines is 3. The van der Waals surface area contributed by atoms with E-state index in [-0.39, 0.29) is 30.0 Å². The third-order valence-electron chi connectivity index (χ3n) is 3.74. The largest absolute Gasteiger partial charge is 0.326 e. The first kappa shape index (κ1) is 19.8. The van der Waals surface area contributed by atoms with Crippen LogP contribution < -0.4 is 15.5 Å². The highest BCUT2D eigenvalue weighted by Crippen LogP contribution is 2.20. The Morgan fingerprint density at radius 1 is 0.852 bits per heavy atom. The number of carbonyl (C=O) groups excluding carboxylic acids is 4. The minimum Gasteiger partial charge on any atom is -0.326 e. The van der Waals surface area contributed by atoms with Crippen LogP contribution in [0.2, 0.25) is 0 Å². The van der Waals surface area contributed by atoms with Crippen molar-refractivity contribution in [2.45, 2.75) is 20.8 Å². The zero-order valence-electron chi connectivity index (χ0n) is 15.4. The molecule has 0 heterocycles. The smallest absolute Gasteiger partial charge is 0.244 e. The van der Waals surface area contributed by atoms with Gasteiger partial charge in [0.2, 0.25) is 17.7 Å². The van der Waals surface area contributed by atoms with E-state index in [2.05, 4.69) is 10.6 Å². The van der Waals surface area contributed by atoms with E-state index in [0.29, 0.717) is 22.6 Å². The highest BCUT2D eigenvalue weighted by molar-refractivity contribution is 6.02. The Morgan fingerprint density at radius 3 is 2.07 bits per heavy atom. The van der Waals surface area contributed by atoms with Crippen LogP contribution in [0.5, 0.6) is 0 Å². The van der Waals surface area contributed by atoms with Gasteiger partial charge in [-0.3, -0.25) is 19.2 Å². The normalized spacial score (nSPS) is 10.0. The molecule has 3 amide bonds. The lowest BCUT2D eigenvalue weighted by molar-refractivity contribution is -0.120. The second-order valence-corrected chi connectivity index (χ2v) is 6.02. The van der Waals surface area contributed by atoms with E-state index in [1.54, 1.807) is 48.5 Å². The number of hydrogen-bond acceptors (Lipinski definition) is 4. The van der Waals surface area contributed by atoms with Crippen LogP contribution >= 0.6 is 0 Å². The number of amides is 3. The molecule has 0 atom stereocenters. The molecule has 7 heteroatoms. The average Bonchev–Trinajstić information content (AvgIpc) is 2.59. The maximum atomic E-state index is 12.3. The molecule has 0 unspecified atom stereocenters. The fourth-order valence-corrected chi connectivity index (χ4v) is 2.47. The van der Waals surface area contributed by atoms with Crippen LogP contribution in [-0.4, -0.2) is 30.0 Å². The van der Waals surface area contributed by atoms with E-state index in [1.807, 2.05) is 0 Å². The summed E-state index contributed by atoms with van der Waals surface area (Å²) < 4.78 is 0. The van der Waals surface area contributed by atoms with Gasteiger partial charge >= 0.3 is 0 Å². The lowest BCUT2D eigenvalue weighted by Gasteiger charge is -2.21. The van der Waals surface area contributed by atoms with Crippen LogP contribution in [0.15, 0.2) is 48.5 Å². The topological polar surface area (TPSA) is 95.6 Å². The van der Waals surface area contributed by atoms with Gasteiger partial charge in [-0.05, 0) is 49.4 Å². The van der Waals surface area contributed by atoms with Gasteiger partial charge in [0.1, 0.15) is 6.54 Å². The van der Waals surface area contributed by atoms with Crippen molar-refractivity contribution in [1.82, 2.24) is 0 Å². The molecule has 7 nitrogen and oxygen atoms in total. The minimum atomic E-state index is -0.384. The van der Waals surface area contributed by atoms with Crippen molar-refractivity contribution in [3.05, 3.63) is 54.1 Å². The van der Waals surface area contributed by atoms with Gasteiger partial charge in [-0.15, -0.1) is 0 Å². The predicted octanol–water partition coefficient (Wildman–Crippen LogP) is 2.84. The number of hydrogen-bond donors (Lipinski definition) is 2. The van der Waals surface area contributed by atoms with Crippen molar-refractivity contribution >= 4 is 40.6 Å². The zero-order chi connectivity index (χ0) is 20.0. The first-order valence-corrected chi connectivity index (χ1v) is 8.33. The number of carbonyl (C=O) groups is 4. The monoisotopic (exact) mass is 367 g/mol. The van der Waals surface area contributed by atoms with Crippen LogP contribution in [0.4, 0.5) is 17.1 Å². The molecule has 0 bridgehead atoms. The van der Waals surface area contributed by atoms with Crippen LogP contribution in [0.25, 0.3) is 0 Å². The number of nitrogens with one attached hydrogen (secondary N) is 2. The quantitative estimate of drug-likeness (QED) is 0.768. The number of Topliss-reactive ketones (excluding diaryl/α,β-unsaturated/α-hetero) is 1. The number of ketones is 1. The molecule has 0 spiro atoms. The van der Waals surface area contributed by atoms with Crippen molar-refractivity contribution in [3.8, 4) is 0 Å². The van der Waals surface area contributed by atoms with Crippen LogP contribution in [-0.2, 0) is 14.4 Å². The number of nitrogens with zero attached hydrogens (tertiary/aromatic N) is 1. The summed E-state index contributed by atoms with van der Waals surface area (Å²) in [6, 6.07) is 13.2. The van der Waals surface area contributed by atoms with Gasteiger partial charge in [-0.2, -0.15) is 0 Å². The Hall–Kier alpha value is -3.48. The molecule has 2 rings (SSSR count). The molecule has 27 heavy (non-hydrogen) atoms. The summed E-state index contributed by atoms with van der Waals surface area (Å²) in [5.74, 6) is -0.981. The van der Waals surface area contributed by atoms with Crippen molar-refractivity contribution < 1.29 is 19.2 Å². The minimum absolute atomic E-state index is 0.0605. The standard InChI is InChI=1S/C20H21N3O4/c1-13(24)16-7-9-17(10-8-16)22-20(27)12-23(15(3)26)19-6-4-5-18(11-19)21-14(2)25/h4-11H,12H2,1-3H3,(H,21,25)(H,22,27). The maximum Gasteiger partial charge on any atom is 0.244 e. The first-order chi connectivity index (χ1) is 12.8. The molecule has 0 saturated carbocycles. The van der Waals surface area contributed by atoms with E-state index >= 15 is 0 Å². The summed E-state index contributed by atoms with van der Waals surface area (Å²) in [7, 11) is 0. The molecule has 0 aliphatic heterocycles. The molecule has 140 valence electrons. The Morgan fingerprint density at radius 2 is 1.52 bits per heavy atom. The molecule has 2 aromatic rings. The van der Waals surface area contributed by atoms with Gasteiger partial charge in [-0.25, -0.2) is 0 Å². The molecule has 2 aromatic carbocycles. The molecule has 0 aromatic heterocycles. The van der Waals surface area contributed by atoms with Gasteiger partial charge in [0.25, 0.3) is 0 Å². The Kier molecular flexibility index (Phi) is 6.43. The fraction of sp³-hybridized carbons (Fsp3) is 0.200. The van der Waals surface area contributed by atoms with Crippen molar-refractivity contribution in [1.29, 1.82) is 0 Å². The maximum absolute atomic E-state index is 12.3. The van der Waals surface area contributed by atoms with Gasteiger partial charge in [0.05, 0.1) is 0 Å². The highest BCUT2D eigenvalue weighted by Gasteiger charge is 2.16. The van der Waals surface area contributed by atoms with E-state index in [9.17, 15) is 19.2 Å². The Labute approximate surface area is 157 Å². The molecule has 0 radical (unpaired) electrons. The van der Waals surface area contributed by atoms with Gasteiger partial charge in [0, 0.05) is 36.5 Å². The summed E-state index contributed by atoms with van der Waals surface area (Å²) in [5, 5.41) is 5.34. The summed E-state index contributed by atoms with van der Waals surface area (Å²) in [4.78, 5) is 48.1. The lowest BCUT2D eigenvalue weighted by Crippen LogP contribution is -2.36. The van der Waals surface area contributed by atoms with E-state index in [0.717, 1.165) is 0 Å². The zero-order valence-corrected chi connectivity index (χ0v) is 15.4. The van der Waals surface area contributed by atoms with Crippen LogP contribution in [0.3, 0.4) is 0 Å². The molecule has 0 aliphatic carbocycles. The average molecular weight is 367 g/mol. The predicted molar refractivity (Wildman–Crippen MR) is 104 cm³/mol. The van der Waals surface area contributed by atoms with E-state index < -0.39 is 0 Å². The summed E-state index contributed by atoms with van der Waals surface area (Å²) in [6.45, 7) is 4.03. The van der Waals surface area contributed by atoms with Crippen LogP contribution in [0, 0.1) is 0 Å². The van der Waals surface area contributed by atoms with Crippen molar-refractivity contribution in [2.75, 3.05) is 22.1 Å². The molecular weight excluding hydrogens is 346 g/mol. The highest BCUT2D eigenvalue weighted by atomic mass is 16.2. The second kappa shape index (κ2) is 8.75. The first-order valence-electron chi connectivity index (χ1n) is 8.33. The summed E-state index contributed by atoms with van der Waals surface area (Å²) >= 11 is 0. The SMILES string of the molecule is CC(=O)Nc1cccc(N(CC(=O)Nc2ccc(C(C)=O)cc2)C(C)=O)c1. The van der Waals surface area contributed by atoms with E-state index in [1.165, 1.54) is 25.7 Å². The summed E-state index contributed by atoms with van der Waals surface area (Å²) in [5.41, 5.74) is 2.11. The van der Waals surface area contributed by atoms with Crippen molar-refractivity contribution in [2.24, 2.45) is 0 Å². The second-order valence-electron chi connectivity index (χ2n) is 6.02. The van der Waals surface area contributed by atoms with Crippen LogP contribution in [0.1, 0.15) is 31.1 Å². The Balaban J connectivity index is 2.11. The fourth-order valence-electron chi connectivity index (χ4n) is 2.47. The third kappa shape index (κ3) is 5.78. The van der Waals surface area contributed by atoms with Crippen molar-refractivity contribution in [3.63, 3.8) is 0 Å². The van der Waals surface area contributed by atoms with Gasteiger partial charge in [0.15, 0.2) is 5.78 Å². The molecule has 0 saturated heterocycles. The lowest BCUT2D eigenvalue weighted by atomic mass is 10.1. The summed E-state index contributed by atoms with van der Waals surface area (Å²) in [6.07, 6.45) is 0. The van der Waals surface area contributed by atoms with E-state index in [4.69, 9.17) is 0 Å². The third-order valence-corrected chi connectivity index (χ3v) is 3.74. The molecule has 2 N–H and O–H groups in total. The molecular formula is C20H21N3O4. The molecule has 0 fully saturated rings. The number of rotatable bonds is 6. The Bertz CT molecular complexity index is 875. The van der Waals surface area contributed by atoms with Gasteiger partial charge in [-0.1, -0.05) is 6.07 Å².